The van der Waals surface area contributed by atoms with Crippen LogP contribution in [-0.2, 0) is 16.4 Å². The van der Waals surface area contributed by atoms with E-state index in [0.717, 1.165) is 13.1 Å². The molecule has 0 radical (unpaired) electrons. The number of likely N-dealkylation sites (tertiary alicyclic amines) is 1. The third-order valence-electron chi connectivity index (χ3n) is 3.85. The molecule has 0 aromatic heterocycles. The van der Waals surface area contributed by atoms with Gasteiger partial charge in [-0.1, -0.05) is 18.2 Å². The summed E-state index contributed by atoms with van der Waals surface area (Å²) < 4.78 is 32.8. The Bertz CT molecular complexity index is 439. The minimum Gasteiger partial charge on any atom is -0.306 e. The quantitative estimate of drug-likeness (QED) is 0.690. The standard InChI is InChI=1S/C13H15F2NO/c1-16-8-6-12(7-9-16)10-4-2-3-5-11(10)13(14,15)17-12/h2-5H,6-9H2,1H3. The first-order chi connectivity index (χ1) is 8.04. The fourth-order valence-electron chi connectivity index (χ4n) is 2.84. The van der Waals surface area contributed by atoms with Crippen molar-refractivity contribution < 1.29 is 13.5 Å². The lowest BCUT2D eigenvalue weighted by Crippen LogP contribution is -2.41. The van der Waals surface area contributed by atoms with Gasteiger partial charge in [0.15, 0.2) is 0 Å². The second kappa shape index (κ2) is 3.50. The van der Waals surface area contributed by atoms with E-state index in [9.17, 15) is 8.78 Å². The van der Waals surface area contributed by atoms with E-state index in [1.54, 1.807) is 12.1 Å². The Labute approximate surface area is 99.2 Å². The molecule has 4 heteroatoms. The summed E-state index contributed by atoms with van der Waals surface area (Å²) in [7, 11) is 2.01. The molecule has 1 aromatic rings. The van der Waals surface area contributed by atoms with Crippen molar-refractivity contribution in [2.24, 2.45) is 0 Å². The Kier molecular flexibility index (Phi) is 2.28. The van der Waals surface area contributed by atoms with Gasteiger partial charge in [-0.2, -0.15) is 8.78 Å². The number of nitrogens with zero attached hydrogens (tertiary/aromatic N) is 1. The molecule has 3 rings (SSSR count). The minimum absolute atomic E-state index is 0.0459. The van der Waals surface area contributed by atoms with E-state index >= 15 is 0 Å². The van der Waals surface area contributed by atoms with Crippen LogP contribution < -0.4 is 0 Å². The molecule has 1 fully saturated rings. The predicted octanol–water partition coefficient (Wildman–Crippen LogP) is 2.69. The monoisotopic (exact) mass is 239 g/mol. The lowest BCUT2D eigenvalue weighted by molar-refractivity contribution is -0.297. The van der Waals surface area contributed by atoms with Crippen molar-refractivity contribution in [3.8, 4) is 0 Å². The van der Waals surface area contributed by atoms with Gasteiger partial charge < -0.3 is 9.64 Å². The van der Waals surface area contributed by atoms with Gasteiger partial charge in [0.25, 0.3) is 0 Å². The van der Waals surface area contributed by atoms with E-state index in [0.29, 0.717) is 18.4 Å². The number of rotatable bonds is 0. The second-order valence-electron chi connectivity index (χ2n) is 4.96. The molecule has 0 amide bonds. The van der Waals surface area contributed by atoms with E-state index in [-0.39, 0.29) is 5.56 Å². The van der Waals surface area contributed by atoms with Gasteiger partial charge in [-0.25, -0.2) is 0 Å². The molecule has 0 unspecified atom stereocenters. The normalized spacial score (nSPS) is 26.1. The SMILES string of the molecule is CN1CCC2(CC1)OC(F)(F)c1ccccc12. The summed E-state index contributed by atoms with van der Waals surface area (Å²) in [4.78, 5) is 2.15. The highest BCUT2D eigenvalue weighted by Gasteiger charge is 2.55. The van der Waals surface area contributed by atoms with E-state index in [1.165, 1.54) is 6.07 Å². The number of halogens is 2. The van der Waals surface area contributed by atoms with Crippen LogP contribution in [0.5, 0.6) is 0 Å². The second-order valence-corrected chi connectivity index (χ2v) is 4.96. The molecule has 1 aromatic carbocycles. The average Bonchev–Trinajstić information content (AvgIpc) is 2.53. The summed E-state index contributed by atoms with van der Waals surface area (Å²) >= 11 is 0. The highest BCUT2D eigenvalue weighted by molar-refractivity contribution is 5.39. The van der Waals surface area contributed by atoms with Gasteiger partial charge in [-0.3, -0.25) is 0 Å². The van der Waals surface area contributed by atoms with Crippen LogP contribution in [0.1, 0.15) is 24.0 Å². The third-order valence-corrected chi connectivity index (χ3v) is 3.85. The van der Waals surface area contributed by atoms with Crippen LogP contribution in [0.25, 0.3) is 0 Å². The lowest BCUT2D eigenvalue weighted by atomic mass is 9.84. The van der Waals surface area contributed by atoms with E-state index in [1.807, 2.05) is 13.1 Å². The Morgan fingerprint density at radius 2 is 1.71 bits per heavy atom. The van der Waals surface area contributed by atoms with Crippen LogP contribution in [0, 0.1) is 0 Å². The van der Waals surface area contributed by atoms with Crippen molar-refractivity contribution in [3.63, 3.8) is 0 Å². The van der Waals surface area contributed by atoms with Crippen LogP contribution in [0.3, 0.4) is 0 Å². The number of ether oxygens (including phenoxy) is 1. The molecule has 92 valence electrons. The fraction of sp³-hybridized carbons (Fsp3) is 0.538. The smallest absolute Gasteiger partial charge is 0.306 e. The molecule has 0 aliphatic carbocycles. The number of hydrogen-bond acceptors (Lipinski definition) is 2. The number of benzene rings is 1. The van der Waals surface area contributed by atoms with Crippen molar-refractivity contribution >= 4 is 0 Å². The van der Waals surface area contributed by atoms with E-state index in [4.69, 9.17) is 4.74 Å². The summed E-state index contributed by atoms with van der Waals surface area (Å²) in [6, 6.07) is 6.71. The van der Waals surface area contributed by atoms with E-state index < -0.39 is 11.7 Å². The molecule has 0 saturated carbocycles. The Hall–Kier alpha value is -1.00. The number of hydrogen-bond donors (Lipinski definition) is 0. The van der Waals surface area contributed by atoms with Gasteiger partial charge in [-0.15, -0.1) is 0 Å². The summed E-state index contributed by atoms with van der Waals surface area (Å²) in [6.45, 7) is 1.59. The maximum absolute atomic E-state index is 13.8. The molecule has 0 atom stereocenters. The van der Waals surface area contributed by atoms with Gasteiger partial charge in [-0.05, 0) is 31.5 Å². The zero-order valence-corrected chi connectivity index (χ0v) is 9.75. The summed E-state index contributed by atoms with van der Waals surface area (Å²) in [5.41, 5.74) is -0.0465. The van der Waals surface area contributed by atoms with Gasteiger partial charge >= 0.3 is 6.11 Å². The molecule has 0 bridgehead atoms. The maximum atomic E-state index is 13.8. The van der Waals surface area contributed by atoms with E-state index in [2.05, 4.69) is 4.90 Å². The first kappa shape index (κ1) is 11.1. The highest BCUT2D eigenvalue weighted by atomic mass is 19.3. The number of fused-ring (bicyclic) bond motifs is 2. The zero-order chi connectivity index (χ0) is 12.1. The van der Waals surface area contributed by atoms with Crippen molar-refractivity contribution in [3.05, 3.63) is 35.4 Å². The molecular formula is C13H15F2NO. The summed E-state index contributed by atoms with van der Waals surface area (Å²) in [6.07, 6.45) is -1.86. The van der Waals surface area contributed by atoms with Crippen LogP contribution in [0.2, 0.25) is 0 Å². The van der Waals surface area contributed by atoms with Gasteiger partial charge in [0, 0.05) is 13.1 Å². The van der Waals surface area contributed by atoms with Crippen molar-refractivity contribution in [2.45, 2.75) is 24.6 Å². The van der Waals surface area contributed by atoms with Crippen LogP contribution in [0.15, 0.2) is 24.3 Å². The molecule has 2 nitrogen and oxygen atoms in total. The predicted molar refractivity (Wildman–Crippen MR) is 59.8 cm³/mol. The molecule has 2 aliphatic rings. The fourth-order valence-corrected chi connectivity index (χ4v) is 2.84. The van der Waals surface area contributed by atoms with Crippen LogP contribution in [0.4, 0.5) is 8.78 Å². The van der Waals surface area contributed by atoms with Crippen molar-refractivity contribution in [2.75, 3.05) is 20.1 Å². The van der Waals surface area contributed by atoms with Crippen LogP contribution >= 0.6 is 0 Å². The molecule has 0 N–H and O–H groups in total. The summed E-state index contributed by atoms with van der Waals surface area (Å²) in [5.74, 6) is 0. The lowest BCUT2D eigenvalue weighted by Gasteiger charge is -2.37. The van der Waals surface area contributed by atoms with Crippen LogP contribution in [-0.4, -0.2) is 25.0 Å². The largest absolute Gasteiger partial charge is 0.384 e. The Morgan fingerprint density at radius 3 is 2.35 bits per heavy atom. The highest BCUT2D eigenvalue weighted by Crippen LogP contribution is 2.53. The molecule has 1 saturated heterocycles. The zero-order valence-electron chi connectivity index (χ0n) is 9.75. The summed E-state index contributed by atoms with van der Waals surface area (Å²) in [5, 5.41) is 0. The Balaban J connectivity index is 2.05. The maximum Gasteiger partial charge on any atom is 0.384 e. The molecule has 1 spiro atoms. The van der Waals surface area contributed by atoms with Crippen molar-refractivity contribution in [1.82, 2.24) is 4.90 Å². The molecule has 2 aliphatic heterocycles. The van der Waals surface area contributed by atoms with Gasteiger partial charge in [0.2, 0.25) is 0 Å². The Morgan fingerprint density at radius 1 is 1.12 bits per heavy atom. The van der Waals surface area contributed by atoms with Crippen molar-refractivity contribution in [1.29, 1.82) is 0 Å². The molecular weight excluding hydrogens is 224 g/mol. The minimum atomic E-state index is -3.13. The number of alkyl halides is 2. The first-order valence-corrected chi connectivity index (χ1v) is 5.90. The molecule has 2 heterocycles. The third kappa shape index (κ3) is 1.58. The molecule has 17 heavy (non-hydrogen) atoms. The van der Waals surface area contributed by atoms with Gasteiger partial charge in [0.1, 0.15) is 5.60 Å². The number of piperidine rings is 1. The first-order valence-electron chi connectivity index (χ1n) is 5.90. The topological polar surface area (TPSA) is 12.5 Å². The average molecular weight is 239 g/mol. The van der Waals surface area contributed by atoms with Gasteiger partial charge in [0.05, 0.1) is 5.56 Å².